The van der Waals surface area contributed by atoms with Crippen LogP contribution < -0.4 is 11.3 Å². The number of aryl methyl sites for hydroxylation is 1. The Hall–Kier alpha value is -1.66. The lowest BCUT2D eigenvalue weighted by molar-refractivity contribution is 0.596. The van der Waals surface area contributed by atoms with Gasteiger partial charge in [0.1, 0.15) is 5.82 Å². The molecule has 0 radical (unpaired) electrons. The van der Waals surface area contributed by atoms with E-state index < -0.39 is 0 Å². The van der Waals surface area contributed by atoms with Crippen LogP contribution in [0.5, 0.6) is 0 Å². The summed E-state index contributed by atoms with van der Waals surface area (Å²) in [5.41, 5.74) is 6.77. The predicted molar refractivity (Wildman–Crippen MR) is 72.7 cm³/mol. The average molecular weight is 279 g/mol. The highest BCUT2D eigenvalue weighted by Gasteiger charge is 2.09. The second-order valence-electron chi connectivity index (χ2n) is 4.27. The summed E-state index contributed by atoms with van der Waals surface area (Å²) in [7, 11) is 0. The molecule has 4 nitrogen and oxygen atoms in total. The van der Waals surface area contributed by atoms with Crippen molar-refractivity contribution in [2.45, 2.75) is 29.9 Å². The van der Waals surface area contributed by atoms with E-state index in [9.17, 15) is 9.18 Å². The molecule has 2 aromatic rings. The highest BCUT2D eigenvalue weighted by molar-refractivity contribution is 7.99. The summed E-state index contributed by atoms with van der Waals surface area (Å²) in [6.45, 7) is 3.51. The van der Waals surface area contributed by atoms with Gasteiger partial charge in [0.2, 0.25) is 0 Å². The molecule has 3 N–H and O–H groups in total. The third kappa shape index (κ3) is 3.42. The van der Waals surface area contributed by atoms with Crippen LogP contribution in [0.1, 0.15) is 24.2 Å². The molecule has 100 valence electrons. The molecule has 1 aromatic carbocycles. The number of nitrogens with two attached hydrogens (primary N) is 1. The van der Waals surface area contributed by atoms with Gasteiger partial charge in [-0.25, -0.2) is 9.37 Å². The highest BCUT2D eigenvalue weighted by atomic mass is 32.2. The molecule has 0 unspecified atom stereocenters. The molecular formula is C13H14FN3OS. The van der Waals surface area contributed by atoms with Gasteiger partial charge >= 0.3 is 0 Å². The van der Waals surface area contributed by atoms with E-state index in [1.165, 1.54) is 12.1 Å². The fourth-order valence-corrected chi connectivity index (χ4v) is 2.43. The van der Waals surface area contributed by atoms with Crippen molar-refractivity contribution < 1.29 is 4.39 Å². The largest absolute Gasteiger partial charge is 0.324 e. The first kappa shape index (κ1) is 13.8. The quantitative estimate of drug-likeness (QED) is 0.846. The molecule has 0 aliphatic rings. The van der Waals surface area contributed by atoms with Crippen LogP contribution in [-0.4, -0.2) is 9.97 Å². The van der Waals surface area contributed by atoms with E-state index in [-0.39, 0.29) is 17.4 Å². The van der Waals surface area contributed by atoms with Gasteiger partial charge < -0.3 is 10.7 Å². The van der Waals surface area contributed by atoms with Crippen LogP contribution in [0.2, 0.25) is 0 Å². The first-order valence-electron chi connectivity index (χ1n) is 5.76. The maximum Gasteiger partial charge on any atom is 0.251 e. The average Bonchev–Trinajstić information content (AvgIpc) is 2.30. The molecule has 1 heterocycles. The van der Waals surface area contributed by atoms with Gasteiger partial charge in [0, 0.05) is 17.8 Å². The van der Waals surface area contributed by atoms with E-state index in [0.29, 0.717) is 15.7 Å². The van der Waals surface area contributed by atoms with Gasteiger partial charge in [-0.1, -0.05) is 6.07 Å². The number of H-pyrrole nitrogens is 1. The lowest BCUT2D eigenvalue weighted by atomic mass is 10.1. The van der Waals surface area contributed by atoms with Gasteiger partial charge in [0.05, 0.1) is 4.90 Å². The Morgan fingerprint density at radius 2 is 2.16 bits per heavy atom. The van der Waals surface area contributed by atoms with Gasteiger partial charge in [-0.2, -0.15) is 0 Å². The van der Waals surface area contributed by atoms with Crippen LogP contribution in [-0.2, 0) is 0 Å². The molecule has 2 rings (SSSR count). The monoisotopic (exact) mass is 279 g/mol. The second-order valence-corrected chi connectivity index (χ2v) is 5.30. The number of hydrogen-bond acceptors (Lipinski definition) is 4. The smallest absolute Gasteiger partial charge is 0.251 e. The zero-order chi connectivity index (χ0) is 14.0. The van der Waals surface area contributed by atoms with Crippen molar-refractivity contribution in [3.05, 3.63) is 51.7 Å². The van der Waals surface area contributed by atoms with Crippen LogP contribution in [0, 0.1) is 12.7 Å². The van der Waals surface area contributed by atoms with Gasteiger partial charge in [-0.15, -0.1) is 0 Å². The zero-order valence-corrected chi connectivity index (χ0v) is 11.4. The zero-order valence-electron chi connectivity index (χ0n) is 10.6. The first-order chi connectivity index (χ1) is 8.95. The normalized spacial score (nSPS) is 12.4. The molecule has 0 amide bonds. The van der Waals surface area contributed by atoms with Crippen molar-refractivity contribution in [2.24, 2.45) is 5.73 Å². The molecule has 0 saturated carbocycles. The van der Waals surface area contributed by atoms with Crippen molar-refractivity contribution >= 4 is 11.8 Å². The van der Waals surface area contributed by atoms with Gasteiger partial charge in [-0.3, -0.25) is 4.79 Å². The topological polar surface area (TPSA) is 71.8 Å². The number of aromatic amines is 1. The summed E-state index contributed by atoms with van der Waals surface area (Å²) in [6, 6.07) is 5.98. The Morgan fingerprint density at radius 1 is 1.42 bits per heavy atom. The minimum atomic E-state index is -0.371. The Kier molecular flexibility index (Phi) is 4.01. The third-order valence-corrected chi connectivity index (χ3v) is 3.47. The standard InChI is InChI=1S/C13H14FN3OS/c1-7-5-12(18)17-13(16-7)19-11-4-3-9(8(2)15)6-10(11)14/h3-6,8H,15H2,1-2H3,(H,16,17,18)/t8-/m1/s1. The van der Waals surface area contributed by atoms with Crippen LogP contribution in [0.3, 0.4) is 0 Å². The predicted octanol–water partition coefficient (Wildman–Crippen LogP) is 2.39. The van der Waals surface area contributed by atoms with Crippen LogP contribution >= 0.6 is 11.8 Å². The van der Waals surface area contributed by atoms with E-state index >= 15 is 0 Å². The number of rotatable bonds is 3. The molecular weight excluding hydrogens is 265 g/mol. The van der Waals surface area contributed by atoms with Crippen molar-refractivity contribution in [3.8, 4) is 0 Å². The molecule has 1 atom stereocenters. The van der Waals surface area contributed by atoms with E-state index in [2.05, 4.69) is 9.97 Å². The van der Waals surface area contributed by atoms with Crippen LogP contribution in [0.25, 0.3) is 0 Å². The minimum Gasteiger partial charge on any atom is -0.324 e. The third-order valence-electron chi connectivity index (χ3n) is 2.54. The van der Waals surface area contributed by atoms with Crippen molar-refractivity contribution in [3.63, 3.8) is 0 Å². The summed E-state index contributed by atoms with van der Waals surface area (Å²) in [5.74, 6) is -0.371. The summed E-state index contributed by atoms with van der Waals surface area (Å²) in [5, 5.41) is 0.373. The number of benzene rings is 1. The Bertz CT molecular complexity index is 655. The molecule has 19 heavy (non-hydrogen) atoms. The Balaban J connectivity index is 2.30. The van der Waals surface area contributed by atoms with E-state index in [0.717, 1.165) is 17.3 Å². The second kappa shape index (κ2) is 5.54. The molecule has 0 bridgehead atoms. The highest BCUT2D eigenvalue weighted by Crippen LogP contribution is 2.28. The number of aromatic nitrogens is 2. The van der Waals surface area contributed by atoms with Gasteiger partial charge in [-0.05, 0) is 43.3 Å². The van der Waals surface area contributed by atoms with E-state index in [4.69, 9.17) is 5.73 Å². The molecule has 0 aliphatic heterocycles. The molecule has 0 aliphatic carbocycles. The summed E-state index contributed by atoms with van der Waals surface area (Å²) >= 11 is 1.08. The summed E-state index contributed by atoms with van der Waals surface area (Å²) in [6.07, 6.45) is 0. The van der Waals surface area contributed by atoms with Crippen LogP contribution in [0.4, 0.5) is 4.39 Å². The Morgan fingerprint density at radius 3 is 2.74 bits per heavy atom. The SMILES string of the molecule is Cc1cc(=O)[nH]c(Sc2ccc([C@@H](C)N)cc2F)n1. The van der Waals surface area contributed by atoms with Crippen LogP contribution in [0.15, 0.2) is 39.1 Å². The summed E-state index contributed by atoms with van der Waals surface area (Å²) in [4.78, 5) is 18.4. The minimum absolute atomic E-state index is 0.217. The molecule has 6 heteroatoms. The maximum absolute atomic E-state index is 13.9. The molecule has 0 spiro atoms. The lowest BCUT2D eigenvalue weighted by Crippen LogP contribution is -2.08. The lowest BCUT2D eigenvalue weighted by Gasteiger charge is -2.08. The van der Waals surface area contributed by atoms with Gasteiger partial charge in [0.15, 0.2) is 5.16 Å². The molecule has 1 aromatic heterocycles. The van der Waals surface area contributed by atoms with Crippen molar-refractivity contribution in [1.29, 1.82) is 0 Å². The van der Waals surface area contributed by atoms with Crippen molar-refractivity contribution in [1.82, 2.24) is 9.97 Å². The fraction of sp³-hybridized carbons (Fsp3) is 0.231. The van der Waals surface area contributed by atoms with Crippen molar-refractivity contribution in [2.75, 3.05) is 0 Å². The number of nitrogens with zero attached hydrogens (tertiary/aromatic N) is 1. The first-order valence-corrected chi connectivity index (χ1v) is 6.58. The fourth-order valence-electron chi connectivity index (χ4n) is 1.59. The Labute approximate surface area is 114 Å². The summed E-state index contributed by atoms with van der Waals surface area (Å²) < 4.78 is 13.9. The number of halogens is 1. The maximum atomic E-state index is 13.9. The molecule has 0 fully saturated rings. The van der Waals surface area contributed by atoms with Gasteiger partial charge in [0.25, 0.3) is 5.56 Å². The molecule has 0 saturated heterocycles. The van der Waals surface area contributed by atoms with E-state index in [1.807, 2.05) is 0 Å². The number of nitrogens with one attached hydrogen (secondary N) is 1. The van der Waals surface area contributed by atoms with E-state index in [1.54, 1.807) is 26.0 Å². The number of hydrogen-bond donors (Lipinski definition) is 2.